The Balaban J connectivity index is 2.07. The van der Waals surface area contributed by atoms with Crippen molar-refractivity contribution in [3.05, 3.63) is 66.1 Å². The Morgan fingerprint density at radius 2 is 1.95 bits per heavy atom. The fourth-order valence-electron chi connectivity index (χ4n) is 2.22. The fourth-order valence-corrected chi connectivity index (χ4v) is 2.22. The second-order valence-electron chi connectivity index (χ2n) is 4.79. The van der Waals surface area contributed by atoms with Crippen LogP contribution in [0.3, 0.4) is 0 Å². The number of halogens is 1. The number of hydrogen-bond acceptors (Lipinski definition) is 3. The lowest BCUT2D eigenvalue weighted by atomic mass is 10.1. The van der Waals surface area contributed by atoms with Crippen molar-refractivity contribution in [2.45, 2.75) is 13.0 Å². The summed E-state index contributed by atoms with van der Waals surface area (Å²) in [6.07, 6.45) is 0.898. The number of fused-ring (bicyclic) bond motifs is 1. The smallest absolute Gasteiger partial charge is 0.136 e. The van der Waals surface area contributed by atoms with Gasteiger partial charge >= 0.3 is 0 Å². The first kappa shape index (κ1) is 13.5. The molecule has 0 aliphatic carbocycles. The summed E-state index contributed by atoms with van der Waals surface area (Å²) in [7, 11) is 0. The van der Waals surface area contributed by atoms with Gasteiger partial charge in [-0.25, -0.2) is 4.39 Å². The van der Waals surface area contributed by atoms with E-state index in [9.17, 15) is 9.50 Å². The number of ether oxygens (including phenoxy) is 1. The van der Waals surface area contributed by atoms with Gasteiger partial charge < -0.3 is 9.84 Å². The SMILES string of the molecule is C[C@@H](O)c1cc(F)ccc1Oc1cccc2ncccc12. The molecule has 0 fully saturated rings. The number of aromatic nitrogens is 1. The summed E-state index contributed by atoms with van der Waals surface area (Å²) in [4.78, 5) is 4.27. The lowest BCUT2D eigenvalue weighted by Gasteiger charge is -2.14. The van der Waals surface area contributed by atoms with Crippen LogP contribution in [0.4, 0.5) is 4.39 Å². The Hall–Kier alpha value is -2.46. The van der Waals surface area contributed by atoms with Crippen molar-refractivity contribution in [1.29, 1.82) is 0 Å². The number of rotatable bonds is 3. The van der Waals surface area contributed by atoms with Crippen LogP contribution in [0, 0.1) is 5.82 Å². The van der Waals surface area contributed by atoms with E-state index in [1.165, 1.54) is 18.2 Å². The maximum atomic E-state index is 13.3. The molecule has 3 rings (SSSR count). The number of aliphatic hydroxyl groups is 1. The van der Waals surface area contributed by atoms with Gasteiger partial charge in [0.2, 0.25) is 0 Å². The summed E-state index contributed by atoms with van der Waals surface area (Å²) in [5.74, 6) is 0.648. The number of aliphatic hydroxyl groups excluding tert-OH is 1. The first-order valence-electron chi connectivity index (χ1n) is 6.64. The molecule has 0 radical (unpaired) electrons. The molecule has 0 saturated heterocycles. The van der Waals surface area contributed by atoms with Gasteiger partial charge in [0.15, 0.2) is 0 Å². The molecule has 3 aromatic rings. The van der Waals surface area contributed by atoms with Gasteiger partial charge in [0.05, 0.1) is 11.6 Å². The summed E-state index contributed by atoms with van der Waals surface area (Å²) < 4.78 is 19.2. The van der Waals surface area contributed by atoms with Gasteiger partial charge in [0, 0.05) is 17.1 Å². The zero-order valence-electron chi connectivity index (χ0n) is 11.5. The molecule has 106 valence electrons. The largest absolute Gasteiger partial charge is 0.456 e. The quantitative estimate of drug-likeness (QED) is 0.782. The van der Waals surface area contributed by atoms with E-state index < -0.39 is 11.9 Å². The normalized spacial score (nSPS) is 12.3. The lowest BCUT2D eigenvalue weighted by molar-refractivity contribution is 0.195. The van der Waals surface area contributed by atoms with E-state index >= 15 is 0 Å². The van der Waals surface area contributed by atoms with Crippen LogP contribution in [0.15, 0.2) is 54.7 Å². The first-order valence-corrected chi connectivity index (χ1v) is 6.64. The van der Waals surface area contributed by atoms with Crippen LogP contribution < -0.4 is 4.74 Å². The Bertz CT molecular complexity index is 781. The highest BCUT2D eigenvalue weighted by atomic mass is 19.1. The van der Waals surface area contributed by atoms with Crippen molar-refractivity contribution in [2.24, 2.45) is 0 Å². The van der Waals surface area contributed by atoms with Gasteiger partial charge in [-0.15, -0.1) is 0 Å². The van der Waals surface area contributed by atoms with Gasteiger partial charge in [0.25, 0.3) is 0 Å². The van der Waals surface area contributed by atoms with Crippen LogP contribution in [0.25, 0.3) is 10.9 Å². The third-order valence-electron chi connectivity index (χ3n) is 3.25. The zero-order valence-corrected chi connectivity index (χ0v) is 11.5. The summed E-state index contributed by atoms with van der Waals surface area (Å²) in [5.41, 5.74) is 1.23. The topological polar surface area (TPSA) is 42.4 Å². The fraction of sp³-hybridized carbons (Fsp3) is 0.118. The summed E-state index contributed by atoms with van der Waals surface area (Å²) in [6, 6.07) is 13.4. The predicted octanol–water partition coefficient (Wildman–Crippen LogP) is 4.22. The molecule has 0 spiro atoms. The third-order valence-corrected chi connectivity index (χ3v) is 3.25. The van der Waals surface area contributed by atoms with Crippen LogP contribution in [-0.2, 0) is 0 Å². The van der Waals surface area contributed by atoms with Crippen molar-refractivity contribution in [3.63, 3.8) is 0 Å². The maximum Gasteiger partial charge on any atom is 0.136 e. The van der Waals surface area contributed by atoms with Gasteiger partial charge in [-0.1, -0.05) is 6.07 Å². The second-order valence-corrected chi connectivity index (χ2v) is 4.79. The highest BCUT2D eigenvalue weighted by Gasteiger charge is 2.12. The minimum atomic E-state index is -0.816. The molecule has 0 aliphatic heterocycles. The molecular weight excluding hydrogens is 269 g/mol. The zero-order chi connectivity index (χ0) is 14.8. The summed E-state index contributed by atoms with van der Waals surface area (Å²) in [6.45, 7) is 1.58. The van der Waals surface area contributed by atoms with E-state index in [0.29, 0.717) is 17.1 Å². The van der Waals surface area contributed by atoms with E-state index in [1.54, 1.807) is 13.1 Å². The molecule has 2 aromatic carbocycles. The molecule has 4 heteroatoms. The standard InChI is InChI=1S/C17H14FNO2/c1-11(20)14-10-12(18)7-8-17(14)21-16-6-2-5-15-13(16)4-3-9-19-15/h2-11,20H,1H3/t11-/m1/s1. The minimum absolute atomic E-state index is 0.405. The van der Waals surface area contributed by atoms with E-state index in [2.05, 4.69) is 4.98 Å². The molecule has 0 bridgehead atoms. The Labute approximate surface area is 121 Å². The van der Waals surface area contributed by atoms with E-state index in [-0.39, 0.29) is 0 Å². The molecule has 1 aromatic heterocycles. The average molecular weight is 283 g/mol. The first-order chi connectivity index (χ1) is 10.1. The number of hydrogen-bond donors (Lipinski definition) is 1. The molecule has 1 heterocycles. The van der Waals surface area contributed by atoms with Crippen LogP contribution in [0.1, 0.15) is 18.6 Å². The molecule has 0 unspecified atom stereocenters. The highest BCUT2D eigenvalue weighted by Crippen LogP contribution is 2.33. The number of nitrogens with zero attached hydrogens (tertiary/aromatic N) is 1. The Morgan fingerprint density at radius 1 is 1.10 bits per heavy atom. The maximum absolute atomic E-state index is 13.3. The predicted molar refractivity (Wildman–Crippen MR) is 78.9 cm³/mol. The summed E-state index contributed by atoms with van der Waals surface area (Å²) >= 11 is 0. The minimum Gasteiger partial charge on any atom is -0.456 e. The molecule has 0 amide bonds. The van der Waals surface area contributed by atoms with Gasteiger partial charge in [-0.3, -0.25) is 4.98 Å². The van der Waals surface area contributed by atoms with Crippen molar-refractivity contribution in [2.75, 3.05) is 0 Å². The van der Waals surface area contributed by atoms with E-state index in [1.807, 2.05) is 30.3 Å². The summed E-state index contributed by atoms with van der Waals surface area (Å²) in [5, 5.41) is 10.6. The Morgan fingerprint density at radius 3 is 2.76 bits per heavy atom. The highest BCUT2D eigenvalue weighted by molar-refractivity contribution is 5.85. The Kier molecular flexibility index (Phi) is 3.54. The van der Waals surface area contributed by atoms with Crippen molar-refractivity contribution in [3.8, 4) is 11.5 Å². The molecule has 0 saturated carbocycles. The van der Waals surface area contributed by atoms with Crippen LogP contribution in [0.2, 0.25) is 0 Å². The lowest BCUT2D eigenvalue weighted by Crippen LogP contribution is -1.97. The van der Waals surface area contributed by atoms with Crippen molar-refractivity contribution in [1.82, 2.24) is 4.98 Å². The molecule has 3 nitrogen and oxygen atoms in total. The number of benzene rings is 2. The molecule has 1 atom stereocenters. The van der Waals surface area contributed by atoms with E-state index in [0.717, 1.165) is 10.9 Å². The second kappa shape index (κ2) is 5.50. The van der Waals surface area contributed by atoms with Crippen molar-refractivity contribution >= 4 is 10.9 Å². The third kappa shape index (κ3) is 2.71. The molecular formula is C17H14FNO2. The van der Waals surface area contributed by atoms with E-state index in [4.69, 9.17) is 4.74 Å². The van der Waals surface area contributed by atoms with Crippen LogP contribution in [-0.4, -0.2) is 10.1 Å². The average Bonchev–Trinajstić information content (AvgIpc) is 2.49. The number of pyridine rings is 1. The van der Waals surface area contributed by atoms with Crippen LogP contribution >= 0.6 is 0 Å². The van der Waals surface area contributed by atoms with Gasteiger partial charge in [-0.2, -0.15) is 0 Å². The van der Waals surface area contributed by atoms with Gasteiger partial charge in [-0.05, 0) is 49.4 Å². The molecule has 1 N–H and O–H groups in total. The molecule has 21 heavy (non-hydrogen) atoms. The molecule has 0 aliphatic rings. The van der Waals surface area contributed by atoms with Crippen LogP contribution in [0.5, 0.6) is 11.5 Å². The monoisotopic (exact) mass is 283 g/mol. The van der Waals surface area contributed by atoms with Crippen molar-refractivity contribution < 1.29 is 14.2 Å². The van der Waals surface area contributed by atoms with Gasteiger partial charge in [0.1, 0.15) is 17.3 Å².